The Hall–Kier alpha value is -0.110. The molecule has 0 bridgehead atoms. The molecule has 16 heavy (non-hydrogen) atoms. The van der Waals surface area contributed by atoms with Gasteiger partial charge in [0, 0.05) is 14.5 Å². The van der Waals surface area contributed by atoms with Crippen molar-refractivity contribution >= 4 is 38.5 Å². The van der Waals surface area contributed by atoms with Gasteiger partial charge in [0.15, 0.2) is 0 Å². The van der Waals surface area contributed by atoms with E-state index >= 15 is 0 Å². The maximum atomic E-state index is 5.61. The maximum absolute atomic E-state index is 5.61. The third-order valence-corrected chi connectivity index (χ3v) is 3.93. The van der Waals surface area contributed by atoms with Crippen LogP contribution in [0.2, 0.25) is 0 Å². The van der Waals surface area contributed by atoms with Crippen LogP contribution >= 0.6 is 38.5 Å². The van der Waals surface area contributed by atoms with Crippen LogP contribution in [0.1, 0.15) is 18.0 Å². The van der Waals surface area contributed by atoms with Crippen molar-refractivity contribution in [3.05, 3.63) is 43.6 Å². The average molecular weight is 395 g/mol. The zero-order valence-electron chi connectivity index (χ0n) is 8.54. The first-order valence-electron chi connectivity index (χ1n) is 4.96. The van der Waals surface area contributed by atoms with Crippen molar-refractivity contribution in [1.29, 1.82) is 0 Å². The first-order chi connectivity index (χ1) is 7.72. The summed E-state index contributed by atoms with van der Waals surface area (Å²) in [5.74, 6) is 6.53. The van der Waals surface area contributed by atoms with Gasteiger partial charge in [0.25, 0.3) is 0 Å². The maximum Gasteiger partial charge on any atom is 0.115 e. The molecule has 1 heterocycles. The van der Waals surface area contributed by atoms with Crippen molar-refractivity contribution < 1.29 is 4.74 Å². The van der Waals surface area contributed by atoms with Crippen molar-refractivity contribution in [2.24, 2.45) is 5.84 Å². The monoisotopic (exact) mass is 394 g/mol. The second-order valence-corrected chi connectivity index (χ2v) is 5.59. The van der Waals surface area contributed by atoms with Gasteiger partial charge in [0.05, 0.1) is 6.61 Å². The lowest BCUT2D eigenvalue weighted by Gasteiger charge is -2.19. The molecule has 0 saturated carbocycles. The molecule has 1 aromatic rings. The first kappa shape index (κ1) is 12.3. The first-order valence-corrected chi connectivity index (χ1v) is 6.83. The Labute approximate surface area is 117 Å². The van der Waals surface area contributed by atoms with E-state index in [4.69, 9.17) is 10.6 Å². The summed E-state index contributed by atoms with van der Waals surface area (Å²) in [5.41, 5.74) is 3.94. The summed E-state index contributed by atoms with van der Waals surface area (Å²) >= 11 is 5.77. The Kier molecular flexibility index (Phi) is 4.23. The molecule has 0 radical (unpaired) electrons. The largest absolute Gasteiger partial charge is 0.496 e. The average Bonchev–Trinajstić information content (AvgIpc) is 2.78. The van der Waals surface area contributed by atoms with Gasteiger partial charge in [-0.15, -0.1) is 0 Å². The van der Waals surface area contributed by atoms with Crippen LogP contribution in [0.15, 0.2) is 34.5 Å². The minimum Gasteiger partial charge on any atom is -0.496 e. The number of nitrogens with two attached hydrogens (primary N) is 1. The lowest BCUT2D eigenvalue weighted by Crippen LogP contribution is -2.30. The highest BCUT2D eigenvalue weighted by molar-refractivity contribution is 14.1. The van der Waals surface area contributed by atoms with Crippen LogP contribution in [-0.4, -0.2) is 6.61 Å². The molecule has 1 atom stereocenters. The SMILES string of the molecule is NNC(C1=CCCO1)c1cc(Br)ccc1I. The third kappa shape index (κ3) is 2.58. The van der Waals surface area contributed by atoms with E-state index in [2.05, 4.69) is 62.2 Å². The third-order valence-electron chi connectivity index (χ3n) is 2.45. The van der Waals surface area contributed by atoms with E-state index in [1.165, 1.54) is 3.57 Å². The molecule has 1 unspecified atom stereocenters. The predicted octanol–water partition coefficient (Wildman–Crippen LogP) is 2.86. The van der Waals surface area contributed by atoms with Crippen molar-refractivity contribution in [1.82, 2.24) is 5.43 Å². The highest BCUT2D eigenvalue weighted by Crippen LogP contribution is 2.30. The molecular weight excluding hydrogens is 383 g/mol. The summed E-state index contributed by atoms with van der Waals surface area (Å²) in [7, 11) is 0. The van der Waals surface area contributed by atoms with Crippen LogP contribution in [0.4, 0.5) is 0 Å². The Morgan fingerprint density at radius 2 is 2.31 bits per heavy atom. The standard InChI is InChI=1S/C11H12BrIN2O/c12-7-3-4-9(13)8(6-7)11(15-14)10-2-1-5-16-10/h2-4,6,11,15H,1,5,14H2. The number of rotatable bonds is 3. The molecule has 5 heteroatoms. The molecule has 0 saturated heterocycles. The van der Waals surface area contributed by atoms with E-state index in [1.807, 2.05) is 6.07 Å². The van der Waals surface area contributed by atoms with Crippen molar-refractivity contribution in [2.45, 2.75) is 12.5 Å². The number of hydrazine groups is 1. The Morgan fingerprint density at radius 1 is 1.50 bits per heavy atom. The zero-order valence-corrected chi connectivity index (χ0v) is 12.3. The van der Waals surface area contributed by atoms with E-state index in [-0.39, 0.29) is 6.04 Å². The van der Waals surface area contributed by atoms with Crippen LogP contribution in [0.25, 0.3) is 0 Å². The number of nitrogens with one attached hydrogen (secondary N) is 1. The molecular formula is C11H12BrIN2O. The normalized spacial score (nSPS) is 16.8. The van der Waals surface area contributed by atoms with Gasteiger partial charge in [-0.05, 0) is 52.4 Å². The van der Waals surface area contributed by atoms with Gasteiger partial charge in [-0.25, -0.2) is 5.43 Å². The second-order valence-electron chi connectivity index (χ2n) is 3.51. The molecule has 3 nitrogen and oxygen atoms in total. The molecule has 0 spiro atoms. The molecule has 1 aliphatic heterocycles. The summed E-state index contributed by atoms with van der Waals surface area (Å²) < 4.78 is 7.77. The summed E-state index contributed by atoms with van der Waals surface area (Å²) in [6, 6.07) is 6.07. The second kappa shape index (κ2) is 5.48. The fourth-order valence-corrected chi connectivity index (χ4v) is 2.72. The smallest absolute Gasteiger partial charge is 0.115 e. The van der Waals surface area contributed by atoms with Gasteiger partial charge < -0.3 is 4.74 Å². The van der Waals surface area contributed by atoms with E-state index in [0.717, 1.165) is 28.8 Å². The van der Waals surface area contributed by atoms with Gasteiger partial charge in [0.2, 0.25) is 0 Å². The quantitative estimate of drug-likeness (QED) is 0.470. The van der Waals surface area contributed by atoms with Gasteiger partial charge in [-0.3, -0.25) is 5.84 Å². The predicted molar refractivity (Wildman–Crippen MR) is 75.6 cm³/mol. The van der Waals surface area contributed by atoms with E-state index < -0.39 is 0 Å². The van der Waals surface area contributed by atoms with E-state index in [1.54, 1.807) is 0 Å². The summed E-state index contributed by atoms with van der Waals surface area (Å²) in [4.78, 5) is 0. The number of ether oxygens (including phenoxy) is 1. The van der Waals surface area contributed by atoms with Crippen LogP contribution in [0.3, 0.4) is 0 Å². The van der Waals surface area contributed by atoms with Crippen LogP contribution < -0.4 is 11.3 Å². The van der Waals surface area contributed by atoms with Gasteiger partial charge in [0.1, 0.15) is 11.8 Å². The van der Waals surface area contributed by atoms with Gasteiger partial charge in [-0.1, -0.05) is 15.9 Å². The van der Waals surface area contributed by atoms with Gasteiger partial charge in [-0.2, -0.15) is 0 Å². The topological polar surface area (TPSA) is 47.3 Å². The molecule has 86 valence electrons. The summed E-state index contributed by atoms with van der Waals surface area (Å²) in [6.07, 6.45) is 3.04. The number of benzene rings is 1. The number of hydrogen-bond acceptors (Lipinski definition) is 3. The van der Waals surface area contributed by atoms with Crippen molar-refractivity contribution in [3.8, 4) is 0 Å². The molecule has 1 aliphatic rings. The minimum atomic E-state index is -0.0631. The minimum absolute atomic E-state index is 0.0631. The highest BCUT2D eigenvalue weighted by Gasteiger charge is 2.21. The Balaban J connectivity index is 2.35. The molecule has 0 aromatic heterocycles. The van der Waals surface area contributed by atoms with Crippen LogP contribution in [0, 0.1) is 3.57 Å². The fraction of sp³-hybridized carbons (Fsp3) is 0.273. The number of halogens is 2. The molecule has 2 rings (SSSR count). The van der Waals surface area contributed by atoms with Crippen LogP contribution in [0.5, 0.6) is 0 Å². The molecule has 0 fully saturated rings. The Bertz CT molecular complexity index is 422. The lowest BCUT2D eigenvalue weighted by molar-refractivity contribution is 0.215. The van der Waals surface area contributed by atoms with Crippen molar-refractivity contribution in [3.63, 3.8) is 0 Å². The highest BCUT2D eigenvalue weighted by atomic mass is 127. The molecule has 1 aromatic carbocycles. The molecule has 0 aliphatic carbocycles. The summed E-state index contributed by atoms with van der Waals surface area (Å²) in [6.45, 7) is 0.748. The fourth-order valence-electron chi connectivity index (χ4n) is 1.70. The van der Waals surface area contributed by atoms with Gasteiger partial charge >= 0.3 is 0 Å². The van der Waals surface area contributed by atoms with Crippen molar-refractivity contribution in [2.75, 3.05) is 6.61 Å². The van der Waals surface area contributed by atoms with E-state index in [9.17, 15) is 0 Å². The zero-order chi connectivity index (χ0) is 11.5. The summed E-state index contributed by atoms with van der Waals surface area (Å²) in [5, 5.41) is 0. The van der Waals surface area contributed by atoms with Crippen LogP contribution in [-0.2, 0) is 4.74 Å². The molecule has 0 amide bonds. The molecule has 3 N–H and O–H groups in total. The lowest BCUT2D eigenvalue weighted by atomic mass is 10.1. The number of hydrogen-bond donors (Lipinski definition) is 2. The van der Waals surface area contributed by atoms with E-state index in [0.29, 0.717) is 0 Å². The Morgan fingerprint density at radius 3 is 2.94 bits per heavy atom.